The average Bonchev–Trinajstić information content (AvgIpc) is 3.38. The van der Waals surface area contributed by atoms with E-state index in [9.17, 15) is 0 Å². The highest BCUT2D eigenvalue weighted by molar-refractivity contribution is 5.76. The van der Waals surface area contributed by atoms with Gasteiger partial charge in [-0.05, 0) is 73.2 Å². The molecule has 0 spiro atoms. The standard InChI is InChI=1S/C31H38N5/c1-5-29-34-30-21(2)16-22(3)32-31(30)35(29)19-23-8-12-27-25(17-23)10-11-26-18-24(9-13-28(26)33-27)20-36(4)14-6-7-15-36/h8-9,12-13,16-18,33H,5-7,10-11,14-15,19-20H2,1-4H3/q+1. The smallest absolute Gasteiger partial charge is 0.160 e. The number of aromatic nitrogens is 3. The first-order valence-corrected chi connectivity index (χ1v) is 13.6. The molecule has 5 heteroatoms. The van der Waals surface area contributed by atoms with E-state index in [0.717, 1.165) is 55.0 Å². The molecule has 1 N–H and O–H groups in total. The van der Waals surface area contributed by atoms with Crippen LogP contribution in [0.15, 0.2) is 42.5 Å². The van der Waals surface area contributed by atoms with Gasteiger partial charge in [-0.2, -0.15) is 0 Å². The van der Waals surface area contributed by atoms with Crippen molar-refractivity contribution in [2.24, 2.45) is 0 Å². The van der Waals surface area contributed by atoms with Gasteiger partial charge in [0.15, 0.2) is 5.65 Å². The summed E-state index contributed by atoms with van der Waals surface area (Å²) in [6.07, 6.45) is 5.76. The van der Waals surface area contributed by atoms with Crippen molar-refractivity contribution in [3.63, 3.8) is 0 Å². The Hall–Kier alpha value is -3.18. The monoisotopic (exact) mass is 480 g/mol. The van der Waals surface area contributed by atoms with Crippen molar-refractivity contribution in [3.05, 3.63) is 81.8 Å². The fraction of sp³-hybridized carbons (Fsp3) is 0.419. The number of quaternary nitrogens is 1. The van der Waals surface area contributed by atoms with Gasteiger partial charge in [-0.25, -0.2) is 9.97 Å². The minimum absolute atomic E-state index is 0.802. The molecule has 36 heavy (non-hydrogen) atoms. The molecule has 0 aliphatic carbocycles. The summed E-state index contributed by atoms with van der Waals surface area (Å²) in [6.45, 7) is 11.0. The normalized spacial score (nSPS) is 16.4. The van der Waals surface area contributed by atoms with Crippen LogP contribution in [0.4, 0.5) is 11.4 Å². The first-order chi connectivity index (χ1) is 17.4. The summed E-state index contributed by atoms with van der Waals surface area (Å²) in [5.74, 6) is 1.11. The van der Waals surface area contributed by atoms with Gasteiger partial charge in [0.1, 0.15) is 17.9 Å². The minimum Gasteiger partial charge on any atom is -0.355 e. The van der Waals surface area contributed by atoms with Crippen molar-refractivity contribution in [2.45, 2.75) is 66.0 Å². The lowest BCUT2D eigenvalue weighted by Gasteiger charge is -2.29. The van der Waals surface area contributed by atoms with E-state index in [-0.39, 0.29) is 0 Å². The van der Waals surface area contributed by atoms with E-state index in [1.807, 2.05) is 0 Å². The summed E-state index contributed by atoms with van der Waals surface area (Å²) in [7, 11) is 2.42. The van der Waals surface area contributed by atoms with E-state index in [1.54, 1.807) is 0 Å². The van der Waals surface area contributed by atoms with Crippen molar-refractivity contribution >= 4 is 22.5 Å². The Morgan fingerprint density at radius 3 is 2.25 bits per heavy atom. The van der Waals surface area contributed by atoms with Crippen LogP contribution in [0.1, 0.15) is 59.1 Å². The molecule has 2 aromatic carbocycles. The largest absolute Gasteiger partial charge is 0.355 e. The Bertz CT molecular complexity index is 1440. The number of fused-ring (bicyclic) bond motifs is 3. The third kappa shape index (κ3) is 4.30. The highest BCUT2D eigenvalue weighted by atomic mass is 15.3. The van der Waals surface area contributed by atoms with Crippen LogP contribution in [-0.4, -0.2) is 39.2 Å². The second kappa shape index (κ2) is 9.04. The summed E-state index contributed by atoms with van der Waals surface area (Å²) in [5.41, 5.74) is 12.4. The summed E-state index contributed by atoms with van der Waals surface area (Å²) in [6, 6.07) is 16.1. The van der Waals surface area contributed by atoms with Crippen molar-refractivity contribution < 1.29 is 4.48 Å². The molecule has 4 heterocycles. The zero-order valence-electron chi connectivity index (χ0n) is 22.2. The number of nitrogens with one attached hydrogen (secondary N) is 1. The van der Waals surface area contributed by atoms with Crippen LogP contribution in [0.3, 0.4) is 0 Å². The van der Waals surface area contributed by atoms with Gasteiger partial charge in [0, 0.05) is 41.9 Å². The maximum atomic E-state index is 4.93. The number of pyridine rings is 1. The molecule has 0 unspecified atom stereocenters. The predicted octanol–water partition coefficient (Wildman–Crippen LogP) is 6.24. The fourth-order valence-electron chi connectivity index (χ4n) is 6.33. The lowest BCUT2D eigenvalue weighted by atomic mass is 10.0. The first kappa shape index (κ1) is 23.2. The van der Waals surface area contributed by atoms with Gasteiger partial charge >= 0.3 is 0 Å². The second-order valence-electron chi connectivity index (χ2n) is 11.3. The molecule has 2 aromatic heterocycles. The molecule has 4 aromatic rings. The molecule has 0 saturated carbocycles. The Morgan fingerprint density at radius 1 is 0.889 bits per heavy atom. The number of likely N-dealkylation sites (tertiary alicyclic amines) is 1. The molecule has 6 rings (SSSR count). The fourth-order valence-corrected chi connectivity index (χ4v) is 6.33. The molecule has 2 aliphatic heterocycles. The van der Waals surface area contributed by atoms with Gasteiger partial charge in [0.05, 0.1) is 26.7 Å². The first-order valence-electron chi connectivity index (χ1n) is 13.6. The SMILES string of the molecule is CCc1nc2c(C)cc(C)nc2n1Cc1ccc2c(c1)CCc1cc(C[N+]3(C)CCCC3)ccc1N2. The molecule has 0 bridgehead atoms. The summed E-state index contributed by atoms with van der Waals surface area (Å²) >= 11 is 0. The minimum atomic E-state index is 0.802. The number of hydrogen-bond donors (Lipinski definition) is 1. The van der Waals surface area contributed by atoms with Crippen molar-refractivity contribution in [1.82, 2.24) is 14.5 Å². The maximum Gasteiger partial charge on any atom is 0.160 e. The van der Waals surface area contributed by atoms with Gasteiger partial charge in [0.2, 0.25) is 0 Å². The highest BCUT2D eigenvalue weighted by Gasteiger charge is 2.27. The second-order valence-corrected chi connectivity index (χ2v) is 11.3. The van der Waals surface area contributed by atoms with Crippen molar-refractivity contribution in [3.8, 4) is 0 Å². The van der Waals surface area contributed by atoms with E-state index in [4.69, 9.17) is 9.97 Å². The van der Waals surface area contributed by atoms with Crippen molar-refractivity contribution in [2.75, 3.05) is 25.5 Å². The van der Waals surface area contributed by atoms with Crippen LogP contribution in [0.2, 0.25) is 0 Å². The molecule has 186 valence electrons. The molecule has 0 amide bonds. The number of aryl methyl sites for hydroxylation is 5. The third-order valence-electron chi connectivity index (χ3n) is 8.24. The Balaban J connectivity index is 1.26. The molecular formula is C31H38N5+. The zero-order chi connectivity index (χ0) is 24.9. The number of anilines is 2. The number of rotatable bonds is 5. The topological polar surface area (TPSA) is 42.7 Å². The van der Waals surface area contributed by atoms with E-state index < -0.39 is 0 Å². The van der Waals surface area contributed by atoms with E-state index >= 15 is 0 Å². The number of benzene rings is 2. The molecule has 1 fully saturated rings. The van der Waals surface area contributed by atoms with Gasteiger partial charge in [-0.1, -0.05) is 25.1 Å². The van der Waals surface area contributed by atoms with Crippen LogP contribution in [0, 0.1) is 13.8 Å². The third-order valence-corrected chi connectivity index (χ3v) is 8.24. The van der Waals surface area contributed by atoms with Gasteiger partial charge in [-0.15, -0.1) is 0 Å². The number of nitrogens with zero attached hydrogens (tertiary/aromatic N) is 4. The molecule has 2 aliphatic rings. The molecular weight excluding hydrogens is 442 g/mol. The lowest BCUT2D eigenvalue weighted by molar-refractivity contribution is -0.910. The summed E-state index contributed by atoms with van der Waals surface area (Å²) in [4.78, 5) is 9.80. The molecule has 5 nitrogen and oxygen atoms in total. The van der Waals surface area contributed by atoms with Crippen LogP contribution in [0.5, 0.6) is 0 Å². The van der Waals surface area contributed by atoms with E-state index in [1.165, 1.54) is 69.6 Å². The summed E-state index contributed by atoms with van der Waals surface area (Å²) < 4.78 is 3.50. The maximum absolute atomic E-state index is 4.93. The average molecular weight is 481 g/mol. The van der Waals surface area contributed by atoms with E-state index in [0.29, 0.717) is 0 Å². The molecule has 0 radical (unpaired) electrons. The Labute approximate surface area is 214 Å². The van der Waals surface area contributed by atoms with Crippen LogP contribution >= 0.6 is 0 Å². The zero-order valence-corrected chi connectivity index (χ0v) is 22.2. The summed E-state index contributed by atoms with van der Waals surface area (Å²) in [5, 5.41) is 3.75. The number of hydrogen-bond acceptors (Lipinski definition) is 3. The van der Waals surface area contributed by atoms with E-state index in [2.05, 4.69) is 80.2 Å². The Morgan fingerprint density at radius 2 is 1.56 bits per heavy atom. The van der Waals surface area contributed by atoms with Gasteiger partial charge in [0.25, 0.3) is 0 Å². The predicted molar refractivity (Wildman–Crippen MR) is 148 cm³/mol. The Kier molecular flexibility index (Phi) is 5.83. The lowest BCUT2D eigenvalue weighted by Crippen LogP contribution is -2.39. The molecule has 0 atom stereocenters. The van der Waals surface area contributed by atoms with Crippen LogP contribution < -0.4 is 5.32 Å². The van der Waals surface area contributed by atoms with Crippen LogP contribution in [-0.2, 0) is 32.4 Å². The van der Waals surface area contributed by atoms with Gasteiger partial charge < -0.3 is 14.4 Å². The highest BCUT2D eigenvalue weighted by Crippen LogP contribution is 2.33. The number of imidazole rings is 1. The van der Waals surface area contributed by atoms with Crippen molar-refractivity contribution in [1.29, 1.82) is 0 Å². The van der Waals surface area contributed by atoms with Gasteiger partial charge in [-0.3, -0.25) is 0 Å². The molecule has 1 saturated heterocycles. The van der Waals surface area contributed by atoms with Crippen LogP contribution in [0.25, 0.3) is 11.2 Å². The quantitative estimate of drug-likeness (QED) is 0.344.